The first kappa shape index (κ1) is 19.2. The fraction of sp³-hybridized carbons (Fsp3) is 0.421. The summed E-state index contributed by atoms with van der Waals surface area (Å²) in [6, 6.07) is 9.81. The zero-order chi connectivity index (χ0) is 19.2. The number of aromatic nitrogens is 1. The molecule has 7 nitrogen and oxygen atoms in total. The van der Waals surface area contributed by atoms with Gasteiger partial charge in [0.25, 0.3) is 0 Å². The Bertz CT molecular complexity index is 789. The van der Waals surface area contributed by atoms with Crippen LogP contribution in [0.5, 0.6) is 0 Å². The molecule has 3 rings (SSSR count). The van der Waals surface area contributed by atoms with E-state index in [2.05, 4.69) is 20.6 Å². The number of nitrogens with one attached hydrogen (secondary N) is 2. The number of hydrogen-bond acceptors (Lipinski definition) is 5. The Hall–Kier alpha value is -2.61. The summed E-state index contributed by atoms with van der Waals surface area (Å²) in [6.07, 6.45) is 0.459. The molecule has 2 aromatic rings. The minimum atomic E-state index is 0.0308. The fourth-order valence-corrected chi connectivity index (χ4v) is 3.66. The minimum Gasteiger partial charge on any atom is -0.357 e. The van der Waals surface area contributed by atoms with Crippen LogP contribution in [-0.2, 0) is 11.3 Å². The molecule has 0 spiro atoms. The van der Waals surface area contributed by atoms with Gasteiger partial charge in [0.2, 0.25) is 5.91 Å². The van der Waals surface area contributed by atoms with E-state index in [1.807, 2.05) is 66.5 Å². The molecular weight excluding hydrogens is 360 g/mol. The van der Waals surface area contributed by atoms with Crippen LogP contribution in [0.1, 0.15) is 19.0 Å². The Labute approximate surface area is 164 Å². The lowest BCUT2D eigenvalue weighted by Crippen LogP contribution is -2.44. The van der Waals surface area contributed by atoms with Gasteiger partial charge in [-0.1, -0.05) is 18.2 Å². The Morgan fingerprint density at radius 2 is 2.15 bits per heavy atom. The minimum absolute atomic E-state index is 0.0308. The zero-order valence-electron chi connectivity index (χ0n) is 16.0. The summed E-state index contributed by atoms with van der Waals surface area (Å²) in [7, 11) is 3.96. The van der Waals surface area contributed by atoms with Crippen molar-refractivity contribution in [3.05, 3.63) is 41.4 Å². The largest absolute Gasteiger partial charge is 0.357 e. The molecule has 2 N–H and O–H groups in total. The van der Waals surface area contributed by atoms with Crippen molar-refractivity contribution in [1.82, 2.24) is 15.6 Å². The first-order valence-electron chi connectivity index (χ1n) is 9.08. The van der Waals surface area contributed by atoms with E-state index in [-0.39, 0.29) is 11.9 Å². The van der Waals surface area contributed by atoms with Crippen LogP contribution in [0, 0.1) is 0 Å². The van der Waals surface area contributed by atoms with E-state index in [0.717, 1.165) is 23.1 Å². The molecule has 8 heteroatoms. The molecule has 0 bridgehead atoms. The van der Waals surface area contributed by atoms with Gasteiger partial charge in [-0.05, 0) is 19.1 Å². The van der Waals surface area contributed by atoms with Gasteiger partial charge in [0.1, 0.15) is 0 Å². The van der Waals surface area contributed by atoms with Gasteiger partial charge in [-0.25, -0.2) is 9.98 Å². The average molecular weight is 387 g/mol. The summed E-state index contributed by atoms with van der Waals surface area (Å²) in [4.78, 5) is 25.4. The van der Waals surface area contributed by atoms with Crippen LogP contribution >= 0.6 is 11.3 Å². The van der Waals surface area contributed by atoms with E-state index < -0.39 is 0 Å². The molecule has 1 unspecified atom stereocenters. The third-order valence-corrected chi connectivity index (χ3v) is 5.26. The van der Waals surface area contributed by atoms with Crippen molar-refractivity contribution in [2.45, 2.75) is 25.9 Å². The van der Waals surface area contributed by atoms with E-state index in [0.29, 0.717) is 25.5 Å². The Kier molecular flexibility index (Phi) is 6.28. The molecule has 0 saturated carbocycles. The molecule has 1 aromatic carbocycles. The maximum absolute atomic E-state index is 12.4. The molecule has 1 amide bonds. The zero-order valence-corrected chi connectivity index (χ0v) is 16.8. The predicted octanol–water partition coefficient (Wildman–Crippen LogP) is 2.07. The quantitative estimate of drug-likeness (QED) is 0.587. The number of amides is 1. The number of guanidine groups is 1. The standard InChI is InChI=1S/C19H26N6OS/c1-4-20-18(21-11-15-13-27-19(23-15)24(2)3)22-14-10-17(26)25(12-14)16-8-6-5-7-9-16/h5-9,13-14H,4,10-12H2,1-3H3,(H2,20,21,22). The lowest BCUT2D eigenvalue weighted by Gasteiger charge is -2.18. The summed E-state index contributed by atoms with van der Waals surface area (Å²) >= 11 is 1.61. The highest BCUT2D eigenvalue weighted by molar-refractivity contribution is 7.13. The first-order valence-corrected chi connectivity index (χ1v) is 9.96. The summed E-state index contributed by atoms with van der Waals surface area (Å²) < 4.78 is 0. The van der Waals surface area contributed by atoms with Gasteiger partial charge in [0.15, 0.2) is 11.1 Å². The second-order valence-electron chi connectivity index (χ2n) is 6.60. The van der Waals surface area contributed by atoms with Crippen molar-refractivity contribution in [2.75, 3.05) is 37.0 Å². The third-order valence-electron chi connectivity index (χ3n) is 4.20. The number of rotatable bonds is 6. The normalized spacial score (nSPS) is 17.3. The van der Waals surface area contributed by atoms with E-state index in [1.54, 1.807) is 11.3 Å². The topological polar surface area (TPSA) is 72.9 Å². The highest BCUT2D eigenvalue weighted by Gasteiger charge is 2.31. The summed E-state index contributed by atoms with van der Waals surface area (Å²) in [5, 5.41) is 9.64. The Balaban J connectivity index is 1.63. The molecule has 1 aliphatic rings. The highest BCUT2D eigenvalue weighted by Crippen LogP contribution is 2.21. The van der Waals surface area contributed by atoms with Gasteiger partial charge < -0.3 is 20.4 Å². The molecule has 0 radical (unpaired) electrons. The smallest absolute Gasteiger partial charge is 0.229 e. The van der Waals surface area contributed by atoms with Crippen molar-refractivity contribution < 1.29 is 4.79 Å². The number of carbonyl (C=O) groups is 1. The van der Waals surface area contributed by atoms with Crippen LogP contribution < -0.4 is 20.4 Å². The molecule has 1 atom stereocenters. The molecule has 2 heterocycles. The highest BCUT2D eigenvalue weighted by atomic mass is 32.1. The van der Waals surface area contributed by atoms with Crippen LogP contribution in [0.4, 0.5) is 10.8 Å². The van der Waals surface area contributed by atoms with Crippen LogP contribution in [0.2, 0.25) is 0 Å². The average Bonchev–Trinajstić information content (AvgIpc) is 3.27. The maximum Gasteiger partial charge on any atom is 0.229 e. The molecule has 1 saturated heterocycles. The number of aliphatic imine (C=N–C) groups is 1. The Morgan fingerprint density at radius 3 is 2.81 bits per heavy atom. The molecule has 1 aromatic heterocycles. The van der Waals surface area contributed by atoms with E-state index in [4.69, 9.17) is 0 Å². The van der Waals surface area contributed by atoms with Crippen molar-refractivity contribution >= 4 is 34.0 Å². The van der Waals surface area contributed by atoms with Gasteiger partial charge in [0.05, 0.1) is 18.3 Å². The van der Waals surface area contributed by atoms with Crippen molar-refractivity contribution in [2.24, 2.45) is 4.99 Å². The number of hydrogen-bond donors (Lipinski definition) is 2. The van der Waals surface area contributed by atoms with E-state index >= 15 is 0 Å². The van der Waals surface area contributed by atoms with Crippen molar-refractivity contribution in [3.8, 4) is 0 Å². The number of carbonyl (C=O) groups excluding carboxylic acids is 1. The van der Waals surface area contributed by atoms with Crippen molar-refractivity contribution in [1.29, 1.82) is 0 Å². The molecule has 27 heavy (non-hydrogen) atoms. The summed E-state index contributed by atoms with van der Waals surface area (Å²) in [6.45, 7) is 3.92. The number of thiazole rings is 1. The lowest BCUT2D eigenvalue weighted by atomic mass is 10.2. The van der Waals surface area contributed by atoms with E-state index in [9.17, 15) is 4.79 Å². The SMILES string of the molecule is CCNC(=NCc1csc(N(C)C)n1)NC1CC(=O)N(c2ccccc2)C1. The molecule has 0 aliphatic carbocycles. The second kappa shape index (κ2) is 8.85. The van der Waals surface area contributed by atoms with Gasteiger partial charge in [-0.15, -0.1) is 11.3 Å². The summed E-state index contributed by atoms with van der Waals surface area (Å²) in [5.41, 5.74) is 1.88. The van der Waals surface area contributed by atoms with Gasteiger partial charge in [-0.2, -0.15) is 0 Å². The Morgan fingerprint density at radius 1 is 1.37 bits per heavy atom. The second-order valence-corrected chi connectivity index (χ2v) is 7.43. The number of nitrogens with zero attached hydrogens (tertiary/aromatic N) is 4. The van der Waals surface area contributed by atoms with Crippen LogP contribution in [-0.4, -0.2) is 50.1 Å². The molecule has 1 fully saturated rings. The van der Waals surface area contributed by atoms with E-state index in [1.165, 1.54) is 0 Å². The third kappa shape index (κ3) is 4.97. The predicted molar refractivity (Wildman–Crippen MR) is 112 cm³/mol. The van der Waals surface area contributed by atoms with Gasteiger partial charge in [0, 0.05) is 44.7 Å². The fourth-order valence-electron chi connectivity index (χ4n) is 2.91. The number of para-hydroxylation sites is 1. The van der Waals surface area contributed by atoms with Gasteiger partial charge >= 0.3 is 0 Å². The summed E-state index contributed by atoms with van der Waals surface area (Å²) in [5.74, 6) is 0.842. The van der Waals surface area contributed by atoms with Crippen LogP contribution in [0.3, 0.4) is 0 Å². The molecular formula is C19H26N6OS. The van der Waals surface area contributed by atoms with Gasteiger partial charge in [-0.3, -0.25) is 4.79 Å². The van der Waals surface area contributed by atoms with Crippen LogP contribution in [0.15, 0.2) is 40.7 Å². The molecule has 144 valence electrons. The number of anilines is 2. The number of benzene rings is 1. The van der Waals surface area contributed by atoms with Crippen molar-refractivity contribution in [3.63, 3.8) is 0 Å². The molecule has 1 aliphatic heterocycles. The monoisotopic (exact) mass is 386 g/mol. The maximum atomic E-state index is 12.4. The first-order chi connectivity index (χ1) is 13.1. The lowest BCUT2D eigenvalue weighted by molar-refractivity contribution is -0.117. The van der Waals surface area contributed by atoms with Crippen LogP contribution in [0.25, 0.3) is 0 Å².